The Kier molecular flexibility index (Phi) is 6.06. The lowest BCUT2D eigenvalue weighted by Gasteiger charge is -2.37. The van der Waals surface area contributed by atoms with E-state index < -0.39 is 0 Å². The SMILES string of the molecule is CN(C)CCN1CCC(C(c2ccccc2)c2ccccc2)CC1. The highest BCUT2D eigenvalue weighted by Gasteiger charge is 2.28. The van der Waals surface area contributed by atoms with E-state index in [1.165, 1.54) is 43.6 Å². The predicted molar refractivity (Wildman–Crippen MR) is 102 cm³/mol. The van der Waals surface area contributed by atoms with Crippen molar-refractivity contribution in [2.75, 3.05) is 40.3 Å². The lowest BCUT2D eigenvalue weighted by Crippen LogP contribution is -2.39. The quantitative estimate of drug-likeness (QED) is 0.790. The molecular formula is C22H30N2. The van der Waals surface area contributed by atoms with Crippen LogP contribution in [0.1, 0.15) is 29.9 Å². The third kappa shape index (κ3) is 4.46. The largest absolute Gasteiger partial charge is 0.308 e. The molecule has 2 aromatic rings. The highest BCUT2D eigenvalue weighted by molar-refractivity contribution is 5.33. The lowest BCUT2D eigenvalue weighted by atomic mass is 9.76. The summed E-state index contributed by atoms with van der Waals surface area (Å²) in [6.07, 6.45) is 2.59. The number of hydrogen-bond acceptors (Lipinski definition) is 2. The average molecular weight is 322 g/mol. The molecule has 1 aliphatic heterocycles. The third-order valence-electron chi connectivity index (χ3n) is 5.28. The van der Waals surface area contributed by atoms with Crippen LogP contribution in [0, 0.1) is 5.92 Å². The first kappa shape index (κ1) is 17.2. The first-order valence-electron chi connectivity index (χ1n) is 9.21. The van der Waals surface area contributed by atoms with Gasteiger partial charge in [-0.15, -0.1) is 0 Å². The Labute approximate surface area is 147 Å². The summed E-state index contributed by atoms with van der Waals surface area (Å²) in [6.45, 7) is 4.82. The number of hydrogen-bond donors (Lipinski definition) is 0. The maximum absolute atomic E-state index is 2.63. The minimum absolute atomic E-state index is 0.531. The van der Waals surface area contributed by atoms with Crippen LogP contribution in [0.25, 0.3) is 0 Å². The van der Waals surface area contributed by atoms with Crippen molar-refractivity contribution in [1.29, 1.82) is 0 Å². The first-order valence-corrected chi connectivity index (χ1v) is 9.21. The summed E-state index contributed by atoms with van der Waals surface area (Å²) in [4.78, 5) is 4.91. The molecule has 1 saturated heterocycles. The first-order chi connectivity index (χ1) is 11.7. The molecule has 2 aromatic carbocycles. The smallest absolute Gasteiger partial charge is 0.0119 e. The number of likely N-dealkylation sites (N-methyl/N-ethyl adjacent to an activating group) is 1. The predicted octanol–water partition coefficient (Wildman–Crippen LogP) is 4.09. The Morgan fingerprint density at radius 2 is 1.38 bits per heavy atom. The fourth-order valence-corrected chi connectivity index (χ4v) is 3.91. The van der Waals surface area contributed by atoms with Crippen molar-refractivity contribution in [1.82, 2.24) is 9.80 Å². The number of rotatable bonds is 6. The fraction of sp³-hybridized carbons (Fsp3) is 0.455. The van der Waals surface area contributed by atoms with Crippen molar-refractivity contribution in [3.63, 3.8) is 0 Å². The number of benzene rings is 2. The summed E-state index contributed by atoms with van der Waals surface area (Å²) < 4.78 is 0. The van der Waals surface area contributed by atoms with Gasteiger partial charge in [-0.25, -0.2) is 0 Å². The van der Waals surface area contributed by atoms with Gasteiger partial charge in [-0.3, -0.25) is 0 Å². The molecule has 24 heavy (non-hydrogen) atoms. The second-order valence-electron chi connectivity index (χ2n) is 7.28. The highest BCUT2D eigenvalue weighted by atomic mass is 15.2. The molecule has 0 atom stereocenters. The number of piperidine rings is 1. The van der Waals surface area contributed by atoms with Gasteiger partial charge in [0.15, 0.2) is 0 Å². The second kappa shape index (κ2) is 8.46. The second-order valence-corrected chi connectivity index (χ2v) is 7.28. The van der Waals surface area contributed by atoms with Crippen molar-refractivity contribution in [3.8, 4) is 0 Å². The van der Waals surface area contributed by atoms with Crippen LogP contribution in [0.3, 0.4) is 0 Å². The van der Waals surface area contributed by atoms with E-state index in [-0.39, 0.29) is 0 Å². The van der Waals surface area contributed by atoms with Gasteiger partial charge in [0, 0.05) is 19.0 Å². The van der Waals surface area contributed by atoms with E-state index in [1.54, 1.807) is 0 Å². The molecule has 1 fully saturated rings. The Morgan fingerprint density at radius 3 is 1.83 bits per heavy atom. The van der Waals surface area contributed by atoms with Crippen LogP contribution in [-0.4, -0.2) is 50.1 Å². The van der Waals surface area contributed by atoms with Crippen LogP contribution in [0.4, 0.5) is 0 Å². The van der Waals surface area contributed by atoms with Gasteiger partial charge in [0.25, 0.3) is 0 Å². The van der Waals surface area contributed by atoms with Crippen LogP contribution < -0.4 is 0 Å². The molecule has 2 nitrogen and oxygen atoms in total. The van der Waals surface area contributed by atoms with E-state index in [4.69, 9.17) is 0 Å². The zero-order chi connectivity index (χ0) is 16.8. The molecule has 0 spiro atoms. The van der Waals surface area contributed by atoms with Gasteiger partial charge in [-0.2, -0.15) is 0 Å². The third-order valence-corrected chi connectivity index (χ3v) is 5.28. The molecule has 0 unspecified atom stereocenters. The Bertz CT molecular complexity index is 546. The molecule has 1 aliphatic rings. The van der Waals surface area contributed by atoms with Crippen LogP contribution in [0.15, 0.2) is 60.7 Å². The van der Waals surface area contributed by atoms with Gasteiger partial charge >= 0.3 is 0 Å². The minimum Gasteiger partial charge on any atom is -0.308 e. The summed E-state index contributed by atoms with van der Waals surface area (Å²) in [5.74, 6) is 1.27. The summed E-state index contributed by atoms with van der Waals surface area (Å²) >= 11 is 0. The van der Waals surface area contributed by atoms with Crippen LogP contribution >= 0.6 is 0 Å². The van der Waals surface area contributed by atoms with E-state index in [0.29, 0.717) is 5.92 Å². The number of nitrogens with zero attached hydrogens (tertiary/aromatic N) is 2. The van der Waals surface area contributed by atoms with Crippen molar-refractivity contribution in [2.45, 2.75) is 18.8 Å². The molecule has 128 valence electrons. The monoisotopic (exact) mass is 322 g/mol. The van der Waals surface area contributed by atoms with Crippen LogP contribution in [0.5, 0.6) is 0 Å². The topological polar surface area (TPSA) is 6.48 Å². The minimum atomic E-state index is 0.531. The van der Waals surface area contributed by atoms with Crippen molar-refractivity contribution in [2.24, 2.45) is 5.92 Å². The van der Waals surface area contributed by atoms with Gasteiger partial charge in [0.1, 0.15) is 0 Å². The molecule has 2 heteroatoms. The van der Waals surface area contributed by atoms with Crippen LogP contribution in [0.2, 0.25) is 0 Å². The van der Waals surface area contributed by atoms with Crippen molar-refractivity contribution in [3.05, 3.63) is 71.8 Å². The summed E-state index contributed by atoms with van der Waals surface area (Å²) in [5, 5.41) is 0. The molecule has 1 heterocycles. The standard InChI is InChI=1S/C22H30N2/c1-23(2)17-18-24-15-13-21(14-16-24)22(19-9-5-3-6-10-19)20-11-7-4-8-12-20/h3-12,21-22H,13-18H2,1-2H3. The van der Waals surface area contributed by atoms with Gasteiger partial charge < -0.3 is 9.80 Å². The molecule has 0 bridgehead atoms. The molecule has 3 rings (SSSR count). The molecule has 0 N–H and O–H groups in total. The van der Waals surface area contributed by atoms with E-state index in [0.717, 1.165) is 12.5 Å². The van der Waals surface area contributed by atoms with Crippen molar-refractivity contribution >= 4 is 0 Å². The maximum Gasteiger partial charge on any atom is 0.0119 e. The Balaban J connectivity index is 1.71. The van der Waals surface area contributed by atoms with Gasteiger partial charge in [-0.1, -0.05) is 60.7 Å². The molecular weight excluding hydrogens is 292 g/mol. The maximum atomic E-state index is 2.63. The molecule has 0 radical (unpaired) electrons. The Morgan fingerprint density at radius 1 is 0.875 bits per heavy atom. The van der Waals surface area contributed by atoms with E-state index in [9.17, 15) is 0 Å². The van der Waals surface area contributed by atoms with E-state index in [2.05, 4.69) is 84.6 Å². The van der Waals surface area contributed by atoms with Crippen LogP contribution in [-0.2, 0) is 0 Å². The summed E-state index contributed by atoms with van der Waals surface area (Å²) in [7, 11) is 4.32. The summed E-state index contributed by atoms with van der Waals surface area (Å²) in [5.41, 5.74) is 2.94. The Hall–Kier alpha value is -1.64. The number of likely N-dealkylation sites (tertiary alicyclic amines) is 1. The fourth-order valence-electron chi connectivity index (χ4n) is 3.91. The van der Waals surface area contributed by atoms with Gasteiger partial charge in [-0.05, 0) is 57.1 Å². The van der Waals surface area contributed by atoms with Crippen molar-refractivity contribution < 1.29 is 0 Å². The van der Waals surface area contributed by atoms with E-state index in [1.807, 2.05) is 0 Å². The summed E-state index contributed by atoms with van der Waals surface area (Å²) in [6, 6.07) is 22.2. The molecule has 0 aromatic heterocycles. The van der Waals surface area contributed by atoms with Gasteiger partial charge in [0.2, 0.25) is 0 Å². The normalized spacial score (nSPS) is 16.8. The zero-order valence-corrected chi connectivity index (χ0v) is 15.1. The lowest BCUT2D eigenvalue weighted by molar-refractivity contribution is 0.163. The average Bonchev–Trinajstić information content (AvgIpc) is 2.63. The molecule has 0 aliphatic carbocycles. The van der Waals surface area contributed by atoms with E-state index >= 15 is 0 Å². The molecule has 0 saturated carbocycles. The highest BCUT2D eigenvalue weighted by Crippen LogP contribution is 2.37. The molecule has 0 amide bonds. The zero-order valence-electron chi connectivity index (χ0n) is 15.1. The van der Waals surface area contributed by atoms with Gasteiger partial charge in [0.05, 0.1) is 0 Å².